The molecule has 24 heavy (non-hydrogen) atoms. The van der Waals surface area contributed by atoms with Crippen molar-refractivity contribution in [3.63, 3.8) is 0 Å². The van der Waals surface area contributed by atoms with Crippen LogP contribution in [-0.4, -0.2) is 25.7 Å². The van der Waals surface area contributed by atoms with E-state index in [0.29, 0.717) is 5.95 Å². The van der Waals surface area contributed by atoms with E-state index in [-0.39, 0.29) is 17.9 Å². The van der Waals surface area contributed by atoms with E-state index in [1.807, 2.05) is 22.9 Å². The van der Waals surface area contributed by atoms with Gasteiger partial charge in [-0.2, -0.15) is 4.98 Å². The molecule has 0 radical (unpaired) electrons. The maximum atomic E-state index is 11.2. The van der Waals surface area contributed by atoms with Gasteiger partial charge in [-0.05, 0) is 25.5 Å². The van der Waals surface area contributed by atoms with Crippen molar-refractivity contribution in [3.8, 4) is 0 Å². The molecule has 1 aliphatic rings. The predicted octanol–water partition coefficient (Wildman–Crippen LogP) is 3.08. The Bertz CT molecular complexity index is 917. The van der Waals surface area contributed by atoms with Crippen LogP contribution >= 0.6 is 0 Å². The van der Waals surface area contributed by atoms with E-state index in [4.69, 9.17) is 4.98 Å². The molecule has 4 rings (SSSR count). The van der Waals surface area contributed by atoms with E-state index in [2.05, 4.69) is 40.5 Å². The molecule has 0 aliphatic carbocycles. The van der Waals surface area contributed by atoms with Crippen LogP contribution in [0.15, 0.2) is 36.4 Å². The Labute approximate surface area is 139 Å². The number of para-hydroxylation sites is 1. The minimum absolute atomic E-state index is 0.150. The van der Waals surface area contributed by atoms with Gasteiger partial charge >= 0.3 is 0 Å². The number of carbonyl (C=O) groups excluding carboxylic acids is 1. The maximum absolute atomic E-state index is 11.2. The highest BCUT2D eigenvalue weighted by Gasteiger charge is 2.30. The highest BCUT2D eigenvalue weighted by molar-refractivity contribution is 5.86. The summed E-state index contributed by atoms with van der Waals surface area (Å²) < 4.78 is 1.93. The SMILES string of the molecule is CC(=O)Nc1nc2n(n1)C(C)C(c1ccc3ccccc3n1)CC2. The molecule has 3 heterocycles. The van der Waals surface area contributed by atoms with Gasteiger partial charge in [0, 0.05) is 30.3 Å². The first-order chi connectivity index (χ1) is 11.6. The van der Waals surface area contributed by atoms with Crippen molar-refractivity contribution in [2.24, 2.45) is 0 Å². The van der Waals surface area contributed by atoms with Crippen LogP contribution in [0.4, 0.5) is 5.95 Å². The first-order valence-corrected chi connectivity index (χ1v) is 8.20. The van der Waals surface area contributed by atoms with Crippen molar-refractivity contribution >= 4 is 22.8 Å². The molecule has 6 nitrogen and oxygen atoms in total. The zero-order valence-corrected chi connectivity index (χ0v) is 13.7. The second-order valence-electron chi connectivity index (χ2n) is 6.29. The molecule has 1 aromatic carbocycles. The van der Waals surface area contributed by atoms with Crippen LogP contribution in [0.25, 0.3) is 10.9 Å². The van der Waals surface area contributed by atoms with E-state index >= 15 is 0 Å². The summed E-state index contributed by atoms with van der Waals surface area (Å²) in [7, 11) is 0. The quantitative estimate of drug-likeness (QED) is 0.787. The molecule has 3 aromatic rings. The smallest absolute Gasteiger partial charge is 0.248 e. The normalized spacial score (nSPS) is 19.9. The van der Waals surface area contributed by atoms with Crippen LogP contribution in [0.2, 0.25) is 0 Å². The monoisotopic (exact) mass is 321 g/mol. The highest BCUT2D eigenvalue weighted by atomic mass is 16.1. The lowest BCUT2D eigenvalue weighted by Gasteiger charge is -2.29. The number of aryl methyl sites for hydroxylation is 1. The summed E-state index contributed by atoms with van der Waals surface area (Å²) in [5, 5.41) is 8.27. The second kappa shape index (κ2) is 5.70. The van der Waals surface area contributed by atoms with Crippen LogP contribution < -0.4 is 5.32 Å². The van der Waals surface area contributed by atoms with Gasteiger partial charge in [-0.3, -0.25) is 15.1 Å². The Morgan fingerprint density at radius 1 is 1.21 bits per heavy atom. The fourth-order valence-corrected chi connectivity index (χ4v) is 3.44. The minimum Gasteiger partial charge on any atom is -0.293 e. The molecule has 0 saturated carbocycles. The van der Waals surface area contributed by atoms with Gasteiger partial charge in [0.15, 0.2) is 0 Å². The van der Waals surface area contributed by atoms with Crippen LogP contribution in [-0.2, 0) is 11.2 Å². The molecule has 0 bridgehead atoms. The lowest BCUT2D eigenvalue weighted by atomic mass is 9.88. The molecule has 2 atom stereocenters. The molecule has 1 N–H and O–H groups in total. The van der Waals surface area contributed by atoms with Gasteiger partial charge in [-0.25, -0.2) is 4.68 Å². The molecule has 0 saturated heterocycles. The molecular weight excluding hydrogens is 302 g/mol. The molecule has 122 valence electrons. The minimum atomic E-state index is -0.154. The van der Waals surface area contributed by atoms with E-state index in [9.17, 15) is 4.79 Å². The molecule has 1 amide bonds. The molecule has 6 heteroatoms. The average molecular weight is 321 g/mol. The van der Waals surface area contributed by atoms with Gasteiger partial charge in [-0.15, -0.1) is 5.10 Å². The Balaban J connectivity index is 1.67. The number of aromatic nitrogens is 4. The topological polar surface area (TPSA) is 72.7 Å². The predicted molar refractivity (Wildman–Crippen MR) is 91.8 cm³/mol. The second-order valence-corrected chi connectivity index (χ2v) is 6.29. The number of hydrogen-bond acceptors (Lipinski definition) is 4. The number of carbonyl (C=O) groups is 1. The number of nitrogens with zero attached hydrogens (tertiary/aromatic N) is 4. The molecule has 1 aliphatic heterocycles. The Hall–Kier alpha value is -2.76. The number of rotatable bonds is 2. The summed E-state index contributed by atoms with van der Waals surface area (Å²) in [5.41, 5.74) is 2.11. The summed E-state index contributed by atoms with van der Waals surface area (Å²) in [6.45, 7) is 3.60. The van der Waals surface area contributed by atoms with Gasteiger partial charge in [0.25, 0.3) is 0 Å². The summed E-state index contributed by atoms with van der Waals surface area (Å²) >= 11 is 0. The molecular formula is C18H19N5O. The van der Waals surface area contributed by atoms with Crippen molar-refractivity contribution in [1.82, 2.24) is 19.7 Å². The van der Waals surface area contributed by atoms with Crippen molar-refractivity contribution in [3.05, 3.63) is 47.9 Å². The largest absolute Gasteiger partial charge is 0.293 e. The van der Waals surface area contributed by atoms with E-state index in [1.54, 1.807) is 0 Å². The van der Waals surface area contributed by atoms with Crippen LogP contribution in [0.5, 0.6) is 0 Å². The third-order valence-corrected chi connectivity index (χ3v) is 4.64. The van der Waals surface area contributed by atoms with Crippen LogP contribution in [0, 0.1) is 0 Å². The van der Waals surface area contributed by atoms with Crippen LogP contribution in [0.1, 0.15) is 43.7 Å². The summed E-state index contributed by atoms with van der Waals surface area (Å²) in [4.78, 5) is 20.5. The van der Waals surface area contributed by atoms with E-state index < -0.39 is 0 Å². The lowest BCUT2D eigenvalue weighted by Crippen LogP contribution is -2.25. The van der Waals surface area contributed by atoms with Crippen molar-refractivity contribution < 1.29 is 4.79 Å². The van der Waals surface area contributed by atoms with E-state index in [0.717, 1.165) is 35.3 Å². The van der Waals surface area contributed by atoms with Gasteiger partial charge < -0.3 is 0 Å². The Morgan fingerprint density at radius 3 is 2.88 bits per heavy atom. The first kappa shape index (κ1) is 14.8. The summed E-state index contributed by atoms with van der Waals surface area (Å²) in [6, 6.07) is 12.5. The summed E-state index contributed by atoms with van der Waals surface area (Å²) in [5.74, 6) is 1.44. The molecule has 0 fully saturated rings. The summed E-state index contributed by atoms with van der Waals surface area (Å²) in [6.07, 6.45) is 1.81. The fourth-order valence-electron chi connectivity index (χ4n) is 3.44. The van der Waals surface area contributed by atoms with Gasteiger partial charge in [-0.1, -0.05) is 24.3 Å². The molecule has 2 aromatic heterocycles. The third-order valence-electron chi connectivity index (χ3n) is 4.64. The maximum Gasteiger partial charge on any atom is 0.248 e. The Kier molecular flexibility index (Phi) is 3.52. The van der Waals surface area contributed by atoms with Crippen LogP contribution in [0.3, 0.4) is 0 Å². The van der Waals surface area contributed by atoms with Crippen molar-refractivity contribution in [2.75, 3.05) is 5.32 Å². The lowest BCUT2D eigenvalue weighted by molar-refractivity contribution is -0.114. The number of anilines is 1. The Morgan fingerprint density at radius 2 is 2.04 bits per heavy atom. The number of benzene rings is 1. The number of hydrogen-bond donors (Lipinski definition) is 1. The van der Waals surface area contributed by atoms with Gasteiger partial charge in [0.2, 0.25) is 11.9 Å². The highest BCUT2D eigenvalue weighted by Crippen LogP contribution is 2.36. The van der Waals surface area contributed by atoms with Crippen molar-refractivity contribution in [1.29, 1.82) is 0 Å². The molecule has 2 unspecified atom stereocenters. The molecule has 0 spiro atoms. The number of pyridine rings is 1. The zero-order valence-electron chi connectivity index (χ0n) is 13.7. The number of nitrogens with one attached hydrogen (secondary N) is 1. The van der Waals surface area contributed by atoms with Crippen molar-refractivity contribution in [2.45, 2.75) is 38.6 Å². The number of amides is 1. The van der Waals surface area contributed by atoms with Gasteiger partial charge in [0.1, 0.15) is 5.82 Å². The fraction of sp³-hybridized carbons (Fsp3) is 0.333. The average Bonchev–Trinajstić information content (AvgIpc) is 2.97. The number of fused-ring (bicyclic) bond motifs is 2. The van der Waals surface area contributed by atoms with E-state index in [1.165, 1.54) is 6.92 Å². The zero-order chi connectivity index (χ0) is 16.7. The van der Waals surface area contributed by atoms with Gasteiger partial charge in [0.05, 0.1) is 11.6 Å². The standard InChI is InChI=1S/C18H19N5O/c1-11-14(16-9-7-13-5-3-4-6-15(13)20-16)8-10-17-21-18(19-12(2)24)22-23(11)17/h3-7,9,11,14H,8,10H2,1-2H3,(H,19,22,24). The first-order valence-electron chi connectivity index (χ1n) is 8.20. The third kappa shape index (κ3) is 2.54.